The van der Waals surface area contributed by atoms with Crippen LogP contribution in [0.3, 0.4) is 0 Å². The Bertz CT molecular complexity index is 818. The van der Waals surface area contributed by atoms with Crippen LogP contribution in [-0.2, 0) is 22.6 Å². The number of nitrogens with one attached hydrogen (secondary N) is 1. The highest BCUT2D eigenvalue weighted by atomic mass is 127. The average molecular weight is 554 g/mol. The number of benzene rings is 1. The van der Waals surface area contributed by atoms with Gasteiger partial charge in [0.1, 0.15) is 12.7 Å². The van der Waals surface area contributed by atoms with E-state index in [-0.39, 0.29) is 24.0 Å². The van der Waals surface area contributed by atoms with Crippen molar-refractivity contribution in [1.29, 1.82) is 0 Å². The number of guanidine groups is 1. The Hall–Kier alpha value is -1.72. The van der Waals surface area contributed by atoms with Crippen LogP contribution >= 0.6 is 24.0 Å². The van der Waals surface area contributed by atoms with Crippen LogP contribution in [0.1, 0.15) is 43.2 Å². The lowest BCUT2D eigenvalue weighted by molar-refractivity contribution is -0.0721. The molecule has 4 rings (SSSR count). The van der Waals surface area contributed by atoms with Crippen LogP contribution < -0.4 is 5.32 Å². The van der Waals surface area contributed by atoms with Gasteiger partial charge in [-0.3, -0.25) is 4.99 Å². The first kappa shape index (κ1) is 24.9. The van der Waals surface area contributed by atoms with Gasteiger partial charge in [0.05, 0.1) is 25.4 Å². The number of nitrogens with zero attached hydrogens (tertiary/aromatic N) is 5. The second kappa shape index (κ2) is 13.1. The van der Waals surface area contributed by atoms with E-state index in [1.165, 1.54) is 24.0 Å². The Labute approximate surface area is 207 Å². The SMILES string of the molecule is CN=C(NCc1cccc(Cn2cncn2)c1)N1CCC(OCC2CCCCO2)CC1.I. The molecule has 1 atom stereocenters. The molecule has 2 fully saturated rings. The van der Waals surface area contributed by atoms with Crippen molar-refractivity contribution in [2.45, 2.75) is 57.4 Å². The number of ether oxygens (including phenoxy) is 2. The van der Waals surface area contributed by atoms with Crippen LogP contribution in [0.4, 0.5) is 0 Å². The first-order chi connectivity index (χ1) is 15.3. The van der Waals surface area contributed by atoms with Crippen LogP contribution in [0.25, 0.3) is 0 Å². The summed E-state index contributed by atoms with van der Waals surface area (Å²) in [5.74, 6) is 0.954. The molecular weight excluding hydrogens is 519 g/mol. The number of halogens is 1. The van der Waals surface area contributed by atoms with E-state index in [2.05, 4.69) is 49.6 Å². The van der Waals surface area contributed by atoms with Gasteiger partial charge in [-0.25, -0.2) is 9.67 Å². The predicted molar refractivity (Wildman–Crippen MR) is 135 cm³/mol. The molecule has 32 heavy (non-hydrogen) atoms. The van der Waals surface area contributed by atoms with Crippen molar-refractivity contribution in [2.75, 3.05) is 33.4 Å². The number of aromatic nitrogens is 3. The van der Waals surface area contributed by atoms with Gasteiger partial charge in [0.25, 0.3) is 0 Å². The zero-order valence-electron chi connectivity index (χ0n) is 18.9. The van der Waals surface area contributed by atoms with Gasteiger partial charge in [-0.1, -0.05) is 24.3 Å². The number of piperidine rings is 1. The topological polar surface area (TPSA) is 76.8 Å². The van der Waals surface area contributed by atoms with Crippen LogP contribution in [0.5, 0.6) is 0 Å². The molecule has 2 aliphatic rings. The maximum atomic E-state index is 6.15. The van der Waals surface area contributed by atoms with Gasteiger partial charge in [0, 0.05) is 33.3 Å². The van der Waals surface area contributed by atoms with Crippen LogP contribution in [-0.4, -0.2) is 71.2 Å². The molecule has 0 amide bonds. The van der Waals surface area contributed by atoms with E-state index in [4.69, 9.17) is 9.47 Å². The standard InChI is InChI=1S/C23H34N6O2.HI/c1-24-23(26-14-19-5-4-6-20(13-19)15-29-18-25-17-27-29)28-10-8-21(9-11-28)31-16-22-7-2-3-12-30-22;/h4-6,13,17-18,21-22H,2-3,7-12,14-16H2,1H3,(H,24,26);1H. The Morgan fingerprint density at radius 3 is 2.78 bits per heavy atom. The van der Waals surface area contributed by atoms with E-state index in [0.717, 1.165) is 64.6 Å². The second-order valence-corrected chi connectivity index (χ2v) is 8.32. The van der Waals surface area contributed by atoms with E-state index >= 15 is 0 Å². The smallest absolute Gasteiger partial charge is 0.193 e. The summed E-state index contributed by atoms with van der Waals surface area (Å²) in [6.45, 7) is 5.01. The van der Waals surface area contributed by atoms with Crippen molar-refractivity contribution in [3.05, 3.63) is 48.0 Å². The predicted octanol–water partition coefficient (Wildman–Crippen LogP) is 3.07. The minimum absolute atomic E-state index is 0. The minimum atomic E-state index is 0. The summed E-state index contributed by atoms with van der Waals surface area (Å²) in [5, 5.41) is 7.70. The molecule has 0 radical (unpaired) electrons. The molecule has 176 valence electrons. The highest BCUT2D eigenvalue weighted by Crippen LogP contribution is 2.18. The van der Waals surface area contributed by atoms with Gasteiger partial charge in [0.15, 0.2) is 5.96 Å². The summed E-state index contributed by atoms with van der Waals surface area (Å²) in [7, 11) is 1.85. The minimum Gasteiger partial charge on any atom is -0.376 e. The van der Waals surface area contributed by atoms with E-state index in [1.807, 2.05) is 11.7 Å². The van der Waals surface area contributed by atoms with Crippen LogP contribution in [0.15, 0.2) is 41.9 Å². The highest BCUT2D eigenvalue weighted by molar-refractivity contribution is 14.0. The number of hydrogen-bond donors (Lipinski definition) is 1. The van der Waals surface area contributed by atoms with Crippen molar-refractivity contribution in [3.63, 3.8) is 0 Å². The summed E-state index contributed by atoms with van der Waals surface area (Å²) in [5.41, 5.74) is 2.43. The van der Waals surface area contributed by atoms with E-state index < -0.39 is 0 Å². The van der Waals surface area contributed by atoms with Gasteiger partial charge in [-0.15, -0.1) is 24.0 Å². The quantitative estimate of drug-likeness (QED) is 0.322. The van der Waals surface area contributed by atoms with Crippen molar-refractivity contribution in [3.8, 4) is 0 Å². The largest absolute Gasteiger partial charge is 0.376 e. The van der Waals surface area contributed by atoms with Gasteiger partial charge in [0.2, 0.25) is 0 Å². The Morgan fingerprint density at radius 2 is 2.06 bits per heavy atom. The molecule has 2 aromatic rings. The fourth-order valence-electron chi connectivity index (χ4n) is 4.27. The monoisotopic (exact) mass is 554 g/mol. The molecule has 1 N–H and O–H groups in total. The Kier molecular flexibility index (Phi) is 10.2. The highest BCUT2D eigenvalue weighted by Gasteiger charge is 2.23. The lowest BCUT2D eigenvalue weighted by Crippen LogP contribution is -2.47. The van der Waals surface area contributed by atoms with Crippen molar-refractivity contribution in [2.24, 2.45) is 4.99 Å². The second-order valence-electron chi connectivity index (χ2n) is 8.32. The number of rotatable bonds is 7. The molecule has 1 unspecified atom stereocenters. The summed E-state index contributed by atoms with van der Waals surface area (Å²) in [6.07, 6.45) is 9.56. The van der Waals surface area contributed by atoms with E-state index in [9.17, 15) is 0 Å². The fraction of sp³-hybridized carbons (Fsp3) is 0.609. The molecule has 9 heteroatoms. The Balaban J connectivity index is 0.00000289. The zero-order chi connectivity index (χ0) is 21.3. The number of likely N-dealkylation sites (tertiary alicyclic amines) is 1. The first-order valence-electron chi connectivity index (χ1n) is 11.4. The molecule has 8 nitrogen and oxygen atoms in total. The summed E-state index contributed by atoms with van der Waals surface area (Å²) in [6, 6.07) is 8.54. The summed E-state index contributed by atoms with van der Waals surface area (Å²) in [4.78, 5) is 10.8. The Morgan fingerprint density at radius 1 is 1.22 bits per heavy atom. The summed E-state index contributed by atoms with van der Waals surface area (Å²) < 4.78 is 13.8. The third kappa shape index (κ3) is 7.41. The fourth-order valence-corrected chi connectivity index (χ4v) is 4.27. The average Bonchev–Trinajstić information content (AvgIpc) is 3.33. The zero-order valence-corrected chi connectivity index (χ0v) is 21.2. The molecule has 2 saturated heterocycles. The van der Waals surface area contributed by atoms with Crippen molar-refractivity contribution >= 4 is 29.9 Å². The van der Waals surface area contributed by atoms with Gasteiger partial charge in [-0.2, -0.15) is 5.10 Å². The maximum absolute atomic E-state index is 6.15. The third-order valence-electron chi connectivity index (χ3n) is 6.00. The normalized spacial score (nSPS) is 20.1. The maximum Gasteiger partial charge on any atom is 0.193 e. The molecule has 0 bridgehead atoms. The number of hydrogen-bond acceptors (Lipinski definition) is 5. The van der Waals surface area contributed by atoms with E-state index in [1.54, 1.807) is 12.7 Å². The van der Waals surface area contributed by atoms with Gasteiger partial charge >= 0.3 is 0 Å². The third-order valence-corrected chi connectivity index (χ3v) is 6.00. The molecule has 1 aromatic heterocycles. The van der Waals surface area contributed by atoms with Gasteiger partial charge < -0.3 is 19.7 Å². The van der Waals surface area contributed by atoms with Crippen molar-refractivity contribution < 1.29 is 9.47 Å². The number of aliphatic imine (C=N–C) groups is 1. The molecule has 0 spiro atoms. The molecule has 3 heterocycles. The van der Waals surface area contributed by atoms with Crippen LogP contribution in [0.2, 0.25) is 0 Å². The lowest BCUT2D eigenvalue weighted by atomic mass is 10.1. The molecule has 1 aromatic carbocycles. The van der Waals surface area contributed by atoms with E-state index in [0.29, 0.717) is 12.2 Å². The molecule has 2 aliphatic heterocycles. The molecular formula is C23H35IN6O2. The van der Waals surface area contributed by atoms with Crippen molar-refractivity contribution in [1.82, 2.24) is 25.0 Å². The van der Waals surface area contributed by atoms with Gasteiger partial charge in [-0.05, 0) is 43.2 Å². The van der Waals surface area contributed by atoms with Crippen LogP contribution in [0, 0.1) is 0 Å². The summed E-state index contributed by atoms with van der Waals surface area (Å²) >= 11 is 0. The first-order valence-corrected chi connectivity index (χ1v) is 11.4. The lowest BCUT2D eigenvalue weighted by Gasteiger charge is -2.35. The molecule has 0 saturated carbocycles. The molecule has 0 aliphatic carbocycles.